The van der Waals surface area contributed by atoms with Crippen molar-refractivity contribution >= 4 is 0 Å². The predicted octanol–water partition coefficient (Wildman–Crippen LogP) is 5.04. The van der Waals surface area contributed by atoms with Gasteiger partial charge in [0.2, 0.25) is 0 Å². The van der Waals surface area contributed by atoms with Crippen LogP contribution < -0.4 is 0 Å². The van der Waals surface area contributed by atoms with Crippen molar-refractivity contribution in [2.45, 2.75) is 27.7 Å². The molecule has 2 heteroatoms. The molecule has 2 nitrogen and oxygen atoms in total. The number of nitrogens with zero attached hydrogens (tertiary/aromatic N) is 2. The zero-order valence-corrected chi connectivity index (χ0v) is 13.5. The molecular weight excluding hydrogens is 268 g/mol. The van der Waals surface area contributed by atoms with E-state index in [1.165, 1.54) is 16.7 Å². The molecule has 0 saturated heterocycles. The van der Waals surface area contributed by atoms with Gasteiger partial charge in [-0.2, -0.15) is 0 Å². The van der Waals surface area contributed by atoms with Crippen molar-refractivity contribution in [1.29, 1.82) is 0 Å². The maximum absolute atomic E-state index is 4.61. The molecule has 0 aliphatic carbocycles. The fourth-order valence-corrected chi connectivity index (χ4v) is 2.69. The maximum atomic E-state index is 4.61. The summed E-state index contributed by atoms with van der Waals surface area (Å²) in [5.74, 6) is 0.820. The van der Waals surface area contributed by atoms with Gasteiger partial charge in [-0.1, -0.05) is 54.1 Å². The molecular formula is C20H20N2. The predicted molar refractivity (Wildman–Crippen MR) is 91.9 cm³/mol. The molecule has 3 rings (SSSR count). The number of rotatable bonds is 2. The van der Waals surface area contributed by atoms with Gasteiger partial charge in [0.15, 0.2) is 0 Å². The van der Waals surface area contributed by atoms with E-state index in [1.54, 1.807) is 0 Å². The molecule has 2 aromatic carbocycles. The molecule has 1 aromatic heterocycles. The lowest BCUT2D eigenvalue weighted by atomic mass is 9.99. The summed E-state index contributed by atoms with van der Waals surface area (Å²) < 4.78 is 0. The van der Waals surface area contributed by atoms with Crippen LogP contribution in [0.25, 0.3) is 22.4 Å². The summed E-state index contributed by atoms with van der Waals surface area (Å²) >= 11 is 0. The molecule has 1 heterocycles. The van der Waals surface area contributed by atoms with E-state index in [0.29, 0.717) is 0 Å². The number of benzene rings is 2. The number of aryl methyl sites for hydroxylation is 3. The van der Waals surface area contributed by atoms with E-state index in [0.717, 1.165) is 28.3 Å². The second-order valence-corrected chi connectivity index (χ2v) is 5.78. The standard InChI is InChI=1S/C20H20N2/c1-13-6-5-7-19(12-13)17-8-10-18(11-9-17)20-14(2)15(3)21-16(4)22-20/h5-12H,1-4H3. The van der Waals surface area contributed by atoms with Crippen LogP contribution in [0.5, 0.6) is 0 Å². The van der Waals surface area contributed by atoms with E-state index in [-0.39, 0.29) is 0 Å². The average molecular weight is 288 g/mol. The monoisotopic (exact) mass is 288 g/mol. The Balaban J connectivity index is 2.02. The maximum Gasteiger partial charge on any atom is 0.126 e. The highest BCUT2D eigenvalue weighted by atomic mass is 14.9. The minimum atomic E-state index is 0.820. The molecule has 0 saturated carbocycles. The number of hydrogen-bond donors (Lipinski definition) is 0. The molecule has 0 fully saturated rings. The fourth-order valence-electron chi connectivity index (χ4n) is 2.69. The third-order valence-corrected chi connectivity index (χ3v) is 4.01. The van der Waals surface area contributed by atoms with Crippen molar-refractivity contribution in [2.24, 2.45) is 0 Å². The van der Waals surface area contributed by atoms with E-state index in [9.17, 15) is 0 Å². The first-order valence-electron chi connectivity index (χ1n) is 7.54. The molecule has 22 heavy (non-hydrogen) atoms. The first-order valence-corrected chi connectivity index (χ1v) is 7.54. The topological polar surface area (TPSA) is 25.8 Å². The van der Waals surface area contributed by atoms with Gasteiger partial charge in [0.1, 0.15) is 5.82 Å². The average Bonchev–Trinajstić information content (AvgIpc) is 2.51. The van der Waals surface area contributed by atoms with Crippen molar-refractivity contribution in [3.05, 3.63) is 71.2 Å². The Morgan fingerprint density at radius 3 is 2.05 bits per heavy atom. The summed E-state index contributed by atoms with van der Waals surface area (Å²) in [7, 11) is 0. The minimum absolute atomic E-state index is 0.820. The largest absolute Gasteiger partial charge is 0.238 e. The molecule has 0 N–H and O–H groups in total. The van der Waals surface area contributed by atoms with Crippen molar-refractivity contribution in [3.63, 3.8) is 0 Å². The lowest BCUT2D eigenvalue weighted by Gasteiger charge is -2.10. The van der Waals surface area contributed by atoms with Crippen molar-refractivity contribution in [2.75, 3.05) is 0 Å². The highest BCUT2D eigenvalue weighted by molar-refractivity contribution is 5.70. The molecule has 3 aromatic rings. The Morgan fingerprint density at radius 2 is 1.36 bits per heavy atom. The van der Waals surface area contributed by atoms with E-state index in [4.69, 9.17) is 0 Å². The van der Waals surface area contributed by atoms with Crippen LogP contribution in [-0.4, -0.2) is 9.97 Å². The summed E-state index contributed by atoms with van der Waals surface area (Å²) in [6.45, 7) is 8.18. The van der Waals surface area contributed by atoms with Crippen LogP contribution in [0.4, 0.5) is 0 Å². The Labute approximate surface area is 131 Å². The number of aromatic nitrogens is 2. The van der Waals surface area contributed by atoms with E-state index >= 15 is 0 Å². The zero-order chi connectivity index (χ0) is 15.7. The molecule has 0 aliphatic heterocycles. The fraction of sp³-hybridized carbons (Fsp3) is 0.200. The van der Waals surface area contributed by atoms with E-state index < -0.39 is 0 Å². The summed E-state index contributed by atoms with van der Waals surface area (Å²) in [5.41, 5.74) is 8.12. The number of hydrogen-bond acceptors (Lipinski definition) is 2. The van der Waals surface area contributed by atoms with Crippen LogP contribution in [0.2, 0.25) is 0 Å². The van der Waals surface area contributed by atoms with E-state index in [2.05, 4.69) is 72.3 Å². The van der Waals surface area contributed by atoms with Crippen molar-refractivity contribution < 1.29 is 0 Å². The SMILES string of the molecule is Cc1cccc(-c2ccc(-c3nc(C)nc(C)c3C)cc2)c1. The zero-order valence-electron chi connectivity index (χ0n) is 13.5. The van der Waals surface area contributed by atoms with Gasteiger partial charge in [0.25, 0.3) is 0 Å². The Kier molecular flexibility index (Phi) is 3.76. The highest BCUT2D eigenvalue weighted by Gasteiger charge is 2.08. The third-order valence-electron chi connectivity index (χ3n) is 4.01. The minimum Gasteiger partial charge on any atom is -0.238 e. The summed E-state index contributed by atoms with van der Waals surface area (Å²) in [6.07, 6.45) is 0. The Bertz CT molecular complexity index is 818. The molecule has 0 amide bonds. The Hall–Kier alpha value is -2.48. The molecule has 0 radical (unpaired) electrons. The second kappa shape index (κ2) is 5.72. The highest BCUT2D eigenvalue weighted by Crippen LogP contribution is 2.27. The van der Waals surface area contributed by atoms with Crippen LogP contribution >= 0.6 is 0 Å². The third kappa shape index (κ3) is 2.77. The van der Waals surface area contributed by atoms with Gasteiger partial charge >= 0.3 is 0 Å². The first kappa shape index (κ1) is 14.5. The van der Waals surface area contributed by atoms with Crippen molar-refractivity contribution in [3.8, 4) is 22.4 Å². The van der Waals surface area contributed by atoms with Crippen molar-refractivity contribution in [1.82, 2.24) is 9.97 Å². The van der Waals surface area contributed by atoms with Gasteiger partial charge < -0.3 is 0 Å². The lowest BCUT2D eigenvalue weighted by Crippen LogP contribution is -1.98. The first-order chi connectivity index (χ1) is 10.5. The molecule has 0 aliphatic rings. The smallest absolute Gasteiger partial charge is 0.126 e. The molecule has 0 spiro atoms. The van der Waals surface area contributed by atoms with Crippen LogP contribution in [0.15, 0.2) is 48.5 Å². The van der Waals surface area contributed by atoms with E-state index in [1.807, 2.05) is 13.8 Å². The lowest BCUT2D eigenvalue weighted by molar-refractivity contribution is 0.992. The van der Waals surface area contributed by atoms with Gasteiger partial charge in [-0.15, -0.1) is 0 Å². The van der Waals surface area contributed by atoms with Crippen LogP contribution in [0.1, 0.15) is 22.6 Å². The normalized spacial score (nSPS) is 10.7. The summed E-state index contributed by atoms with van der Waals surface area (Å²) in [6, 6.07) is 17.2. The molecule has 0 atom stereocenters. The molecule has 110 valence electrons. The quantitative estimate of drug-likeness (QED) is 0.660. The molecule has 0 bridgehead atoms. The van der Waals surface area contributed by atoms with Gasteiger partial charge in [-0.3, -0.25) is 0 Å². The van der Waals surface area contributed by atoms with Crippen LogP contribution in [0.3, 0.4) is 0 Å². The van der Waals surface area contributed by atoms with Gasteiger partial charge in [0.05, 0.1) is 5.69 Å². The molecule has 0 unspecified atom stereocenters. The summed E-state index contributed by atoms with van der Waals surface area (Å²) in [4.78, 5) is 9.03. The van der Waals surface area contributed by atoms with Gasteiger partial charge in [0, 0.05) is 11.3 Å². The van der Waals surface area contributed by atoms with Crippen LogP contribution in [0, 0.1) is 27.7 Å². The Morgan fingerprint density at radius 1 is 0.682 bits per heavy atom. The van der Waals surface area contributed by atoms with Crippen LogP contribution in [-0.2, 0) is 0 Å². The second-order valence-electron chi connectivity index (χ2n) is 5.78. The van der Waals surface area contributed by atoms with Gasteiger partial charge in [-0.05, 0) is 44.4 Å². The summed E-state index contributed by atoms with van der Waals surface area (Å²) in [5, 5.41) is 0. The van der Waals surface area contributed by atoms with Gasteiger partial charge in [-0.25, -0.2) is 9.97 Å².